The Morgan fingerprint density at radius 2 is 1.71 bits per heavy atom. The minimum Gasteiger partial charge on any atom is -0.375 e. The molecule has 0 unspecified atom stereocenters. The first kappa shape index (κ1) is 10.8. The van der Waals surface area contributed by atoms with Gasteiger partial charge in [0.05, 0.1) is 11.3 Å². The fourth-order valence-corrected chi connectivity index (χ4v) is 1.08. The lowest BCUT2D eigenvalue weighted by molar-refractivity contribution is -0.139. The van der Waals surface area contributed by atoms with E-state index in [0.29, 0.717) is 0 Å². The summed E-state index contributed by atoms with van der Waals surface area (Å²) in [4.78, 5) is 1.30. The molecule has 0 aliphatic carbocycles. The lowest BCUT2D eigenvalue weighted by Crippen LogP contribution is -2.15. The van der Waals surface area contributed by atoms with Crippen LogP contribution in [0, 0.1) is 5.82 Å². The predicted molar refractivity (Wildman–Crippen MR) is 45.7 cm³/mol. The number of alkyl halides is 3. The van der Waals surface area contributed by atoms with Gasteiger partial charge in [0, 0.05) is 14.1 Å². The Morgan fingerprint density at radius 1 is 1.14 bits per heavy atom. The topological polar surface area (TPSA) is 3.24 Å². The molecule has 0 fully saturated rings. The number of halogens is 4. The predicted octanol–water partition coefficient (Wildman–Crippen LogP) is 2.91. The van der Waals surface area contributed by atoms with Crippen molar-refractivity contribution in [2.24, 2.45) is 0 Å². The fraction of sp³-hybridized carbons (Fsp3) is 0.333. The Labute approximate surface area is 78.9 Å². The van der Waals surface area contributed by atoms with Crippen molar-refractivity contribution in [3.63, 3.8) is 0 Å². The van der Waals surface area contributed by atoms with Crippen LogP contribution in [0.15, 0.2) is 18.2 Å². The quantitative estimate of drug-likeness (QED) is 0.640. The monoisotopic (exact) mass is 207 g/mol. The summed E-state index contributed by atoms with van der Waals surface area (Å²) in [5.74, 6) is -1.23. The van der Waals surface area contributed by atoms with E-state index in [1.54, 1.807) is 0 Å². The maximum absolute atomic E-state index is 13.3. The molecule has 0 radical (unpaired) electrons. The van der Waals surface area contributed by atoms with Gasteiger partial charge in [-0.25, -0.2) is 4.39 Å². The van der Waals surface area contributed by atoms with Gasteiger partial charge in [0.1, 0.15) is 0 Å². The summed E-state index contributed by atoms with van der Waals surface area (Å²) in [6, 6.07) is 3.20. The van der Waals surface area contributed by atoms with Crippen LogP contribution in [0.4, 0.5) is 23.2 Å². The van der Waals surface area contributed by atoms with Crippen LogP contribution in [0.25, 0.3) is 0 Å². The molecule has 0 amide bonds. The Hall–Kier alpha value is -1.26. The van der Waals surface area contributed by atoms with Gasteiger partial charge < -0.3 is 4.90 Å². The van der Waals surface area contributed by atoms with E-state index in [2.05, 4.69) is 0 Å². The number of nitrogens with zero attached hydrogens (tertiary/aromatic N) is 1. The van der Waals surface area contributed by atoms with Crippen LogP contribution in [0.2, 0.25) is 0 Å². The van der Waals surface area contributed by atoms with Crippen LogP contribution in [-0.2, 0) is 6.18 Å². The molecule has 0 aromatic heterocycles. The normalized spacial score (nSPS) is 11.6. The summed E-state index contributed by atoms with van der Waals surface area (Å²) in [5, 5.41) is 0. The summed E-state index contributed by atoms with van der Waals surface area (Å²) < 4.78 is 50.0. The van der Waals surface area contributed by atoms with Crippen LogP contribution in [-0.4, -0.2) is 14.1 Å². The zero-order chi connectivity index (χ0) is 10.9. The first-order valence-electron chi connectivity index (χ1n) is 3.87. The molecule has 0 aliphatic heterocycles. The van der Waals surface area contributed by atoms with Crippen molar-refractivity contribution in [2.45, 2.75) is 6.18 Å². The second-order valence-electron chi connectivity index (χ2n) is 3.03. The molecular weight excluding hydrogens is 198 g/mol. The lowest BCUT2D eigenvalue weighted by Gasteiger charge is -2.16. The highest BCUT2D eigenvalue weighted by atomic mass is 19.4. The molecule has 5 heteroatoms. The van der Waals surface area contributed by atoms with Crippen molar-refractivity contribution < 1.29 is 17.6 Å². The first-order chi connectivity index (χ1) is 6.34. The molecule has 0 heterocycles. The summed E-state index contributed by atoms with van der Waals surface area (Å²) in [5.41, 5.74) is -1.30. The number of rotatable bonds is 1. The molecule has 1 rings (SSSR count). The molecule has 1 aromatic carbocycles. The van der Waals surface area contributed by atoms with E-state index in [4.69, 9.17) is 0 Å². The zero-order valence-electron chi connectivity index (χ0n) is 7.69. The highest BCUT2D eigenvalue weighted by Gasteiger charge is 2.34. The average Bonchev–Trinajstić information content (AvgIpc) is 2.01. The number of hydrogen-bond acceptors (Lipinski definition) is 1. The SMILES string of the molecule is CN(C)c1cccc(C(F)(F)F)c1F. The first-order valence-corrected chi connectivity index (χ1v) is 3.87. The lowest BCUT2D eigenvalue weighted by atomic mass is 10.1. The van der Waals surface area contributed by atoms with Gasteiger partial charge in [0.15, 0.2) is 5.82 Å². The van der Waals surface area contributed by atoms with Gasteiger partial charge in [-0.1, -0.05) is 6.07 Å². The molecule has 0 saturated carbocycles. The maximum atomic E-state index is 13.3. The molecule has 0 spiro atoms. The number of anilines is 1. The van der Waals surface area contributed by atoms with E-state index in [1.807, 2.05) is 0 Å². The van der Waals surface area contributed by atoms with E-state index in [9.17, 15) is 17.6 Å². The third-order valence-corrected chi connectivity index (χ3v) is 1.77. The third kappa shape index (κ3) is 1.97. The fourth-order valence-electron chi connectivity index (χ4n) is 1.08. The molecule has 14 heavy (non-hydrogen) atoms. The number of benzene rings is 1. The van der Waals surface area contributed by atoms with Crippen LogP contribution in [0.3, 0.4) is 0 Å². The van der Waals surface area contributed by atoms with E-state index in [1.165, 1.54) is 31.1 Å². The van der Waals surface area contributed by atoms with Crippen molar-refractivity contribution >= 4 is 5.69 Å². The van der Waals surface area contributed by atoms with E-state index in [0.717, 1.165) is 6.07 Å². The molecule has 0 saturated heterocycles. The highest BCUT2D eigenvalue weighted by Crippen LogP contribution is 2.34. The molecule has 0 N–H and O–H groups in total. The maximum Gasteiger partial charge on any atom is 0.419 e. The number of hydrogen-bond donors (Lipinski definition) is 0. The second-order valence-corrected chi connectivity index (χ2v) is 3.03. The van der Waals surface area contributed by atoms with Gasteiger partial charge in [-0.2, -0.15) is 13.2 Å². The standard InChI is InChI=1S/C9H9F4N/c1-14(2)7-5-3-4-6(8(7)10)9(11,12)13/h3-5H,1-2H3. The van der Waals surface area contributed by atoms with Gasteiger partial charge in [-0.15, -0.1) is 0 Å². The Bertz CT molecular complexity index is 330. The van der Waals surface area contributed by atoms with Crippen molar-refractivity contribution in [1.29, 1.82) is 0 Å². The average molecular weight is 207 g/mol. The van der Waals surface area contributed by atoms with Gasteiger partial charge in [-0.05, 0) is 12.1 Å². The largest absolute Gasteiger partial charge is 0.419 e. The minimum atomic E-state index is -4.64. The molecule has 1 nitrogen and oxygen atoms in total. The van der Waals surface area contributed by atoms with Gasteiger partial charge >= 0.3 is 6.18 Å². The van der Waals surface area contributed by atoms with Crippen LogP contribution in [0.5, 0.6) is 0 Å². The minimum absolute atomic E-state index is 0.0696. The van der Waals surface area contributed by atoms with E-state index in [-0.39, 0.29) is 5.69 Å². The Kier molecular flexibility index (Phi) is 2.69. The van der Waals surface area contributed by atoms with Crippen molar-refractivity contribution in [1.82, 2.24) is 0 Å². The Balaban J connectivity index is 3.28. The molecule has 78 valence electrons. The van der Waals surface area contributed by atoms with Crippen molar-refractivity contribution in [3.8, 4) is 0 Å². The van der Waals surface area contributed by atoms with Crippen molar-refractivity contribution in [3.05, 3.63) is 29.6 Å². The molecular formula is C9H9F4N. The second kappa shape index (κ2) is 3.48. The highest BCUT2D eigenvalue weighted by molar-refractivity contribution is 5.49. The smallest absolute Gasteiger partial charge is 0.375 e. The molecule has 0 atom stereocenters. The van der Waals surface area contributed by atoms with Crippen LogP contribution >= 0.6 is 0 Å². The summed E-state index contributed by atoms with van der Waals surface area (Å²) >= 11 is 0. The molecule has 0 bridgehead atoms. The van der Waals surface area contributed by atoms with Gasteiger partial charge in [0.2, 0.25) is 0 Å². The summed E-state index contributed by atoms with van der Waals surface area (Å²) in [6.45, 7) is 0. The van der Waals surface area contributed by atoms with E-state index >= 15 is 0 Å². The zero-order valence-corrected chi connectivity index (χ0v) is 7.69. The third-order valence-electron chi connectivity index (χ3n) is 1.77. The van der Waals surface area contributed by atoms with Gasteiger partial charge in [-0.3, -0.25) is 0 Å². The van der Waals surface area contributed by atoms with E-state index < -0.39 is 17.6 Å². The summed E-state index contributed by atoms with van der Waals surface area (Å²) in [6.07, 6.45) is -4.64. The Morgan fingerprint density at radius 3 is 2.14 bits per heavy atom. The van der Waals surface area contributed by atoms with Crippen LogP contribution < -0.4 is 4.90 Å². The van der Waals surface area contributed by atoms with Gasteiger partial charge in [0.25, 0.3) is 0 Å². The molecule has 0 aliphatic rings. The van der Waals surface area contributed by atoms with Crippen molar-refractivity contribution in [2.75, 3.05) is 19.0 Å². The summed E-state index contributed by atoms with van der Waals surface area (Å²) in [7, 11) is 2.97. The molecule has 1 aromatic rings. The van der Waals surface area contributed by atoms with Crippen LogP contribution in [0.1, 0.15) is 5.56 Å².